The molecular weight excluding hydrogens is 497 g/mol. The molecule has 0 radical (unpaired) electrons. The lowest BCUT2D eigenvalue weighted by Gasteiger charge is -2.46. The molecule has 0 amide bonds. The molecule has 38 heavy (non-hydrogen) atoms. The van der Waals surface area contributed by atoms with Crippen LogP contribution in [0, 0.1) is 11.3 Å². The second-order valence-electron chi connectivity index (χ2n) is 15.4. The Morgan fingerprint density at radius 3 is 2.13 bits per heavy atom. The van der Waals surface area contributed by atoms with E-state index < -0.39 is 16.6 Å². The maximum Gasteiger partial charge on any atom is 0.258 e. The molecule has 0 saturated heterocycles. The van der Waals surface area contributed by atoms with Crippen molar-refractivity contribution in [3.63, 3.8) is 0 Å². The summed E-state index contributed by atoms with van der Waals surface area (Å²) in [6.07, 6.45) is 11.2. The van der Waals surface area contributed by atoms with Gasteiger partial charge in [0, 0.05) is 0 Å². The summed E-state index contributed by atoms with van der Waals surface area (Å²) in [5.74, 6) is 1.71. The monoisotopic (exact) mass is 552 g/mol. The predicted octanol–water partition coefficient (Wildman–Crippen LogP) is 10.7. The Labute approximate surface area is 236 Å². The first-order chi connectivity index (χ1) is 17.5. The molecule has 4 rings (SSSR count). The summed E-state index contributed by atoms with van der Waals surface area (Å²) in [5, 5.41) is 0.255. The molecule has 4 heteroatoms. The SMILES string of the molecule is CC(C)[Si](Oc1ccc2c(c1)CC1=C(C=C2)[C@@H]2CC[C@H](O[Si](C)(C)C(C)(C)C)[C@@]2(C)CC1)(C(C)C)C(C)C. The molecule has 0 aromatic heterocycles. The van der Waals surface area contributed by atoms with Gasteiger partial charge in [-0.05, 0) is 107 Å². The van der Waals surface area contributed by atoms with Crippen LogP contribution in [-0.2, 0) is 10.8 Å². The highest BCUT2D eigenvalue weighted by molar-refractivity contribution is 6.78. The van der Waals surface area contributed by atoms with Crippen LogP contribution in [0.1, 0.15) is 106 Å². The topological polar surface area (TPSA) is 18.5 Å². The summed E-state index contributed by atoms with van der Waals surface area (Å²) >= 11 is 0. The molecule has 1 aromatic rings. The van der Waals surface area contributed by atoms with Gasteiger partial charge in [-0.2, -0.15) is 0 Å². The second kappa shape index (κ2) is 10.4. The first-order valence-electron chi connectivity index (χ1n) is 15.4. The first-order valence-corrected chi connectivity index (χ1v) is 20.5. The van der Waals surface area contributed by atoms with E-state index in [0.29, 0.717) is 28.6 Å². The highest BCUT2D eigenvalue weighted by Crippen LogP contribution is 2.58. The molecule has 2 nitrogen and oxygen atoms in total. The summed E-state index contributed by atoms with van der Waals surface area (Å²) in [7, 11) is -3.76. The van der Waals surface area contributed by atoms with Crippen LogP contribution in [-0.4, -0.2) is 22.7 Å². The smallest absolute Gasteiger partial charge is 0.258 e. The largest absolute Gasteiger partial charge is 0.543 e. The van der Waals surface area contributed by atoms with E-state index in [1.165, 1.54) is 36.8 Å². The van der Waals surface area contributed by atoms with Gasteiger partial charge in [0.2, 0.25) is 0 Å². The highest BCUT2D eigenvalue weighted by atomic mass is 28.4. The normalized spacial score (nSPS) is 26.1. The highest BCUT2D eigenvalue weighted by Gasteiger charge is 2.53. The molecule has 0 bridgehead atoms. The molecule has 3 aliphatic carbocycles. The maximum atomic E-state index is 7.11. The zero-order valence-corrected chi connectivity index (χ0v) is 28.6. The minimum Gasteiger partial charge on any atom is -0.543 e. The van der Waals surface area contributed by atoms with Gasteiger partial charge in [-0.25, -0.2) is 0 Å². The van der Waals surface area contributed by atoms with Crippen molar-refractivity contribution in [1.29, 1.82) is 0 Å². The van der Waals surface area contributed by atoms with Crippen molar-refractivity contribution in [3.05, 3.63) is 46.5 Å². The number of fused-ring (bicyclic) bond motifs is 3. The van der Waals surface area contributed by atoms with Crippen molar-refractivity contribution in [3.8, 4) is 5.75 Å². The second-order valence-corrected chi connectivity index (χ2v) is 25.5. The van der Waals surface area contributed by atoms with Crippen molar-refractivity contribution in [1.82, 2.24) is 0 Å². The van der Waals surface area contributed by atoms with Gasteiger partial charge in [-0.1, -0.05) is 93.0 Å². The number of benzene rings is 1. The van der Waals surface area contributed by atoms with Crippen molar-refractivity contribution in [2.45, 2.75) is 142 Å². The van der Waals surface area contributed by atoms with E-state index in [1.54, 1.807) is 11.1 Å². The Kier molecular flexibility index (Phi) is 8.16. The van der Waals surface area contributed by atoms with Crippen LogP contribution in [0.2, 0.25) is 34.8 Å². The van der Waals surface area contributed by atoms with E-state index in [2.05, 4.69) is 113 Å². The Balaban J connectivity index is 1.61. The molecule has 1 saturated carbocycles. The van der Waals surface area contributed by atoms with Crippen LogP contribution in [0.25, 0.3) is 6.08 Å². The van der Waals surface area contributed by atoms with Crippen molar-refractivity contribution < 1.29 is 8.85 Å². The summed E-state index contributed by atoms with van der Waals surface area (Å²) < 4.78 is 14.2. The van der Waals surface area contributed by atoms with Gasteiger partial charge in [-0.3, -0.25) is 0 Å². The molecule has 0 N–H and O–H groups in total. The lowest BCUT2D eigenvalue weighted by molar-refractivity contribution is 0.0458. The zero-order valence-electron chi connectivity index (χ0n) is 26.6. The van der Waals surface area contributed by atoms with Crippen LogP contribution < -0.4 is 4.43 Å². The predicted molar refractivity (Wildman–Crippen MR) is 170 cm³/mol. The van der Waals surface area contributed by atoms with E-state index in [1.807, 2.05) is 0 Å². The lowest BCUT2D eigenvalue weighted by Crippen LogP contribution is -2.50. The molecule has 3 atom stereocenters. The summed E-state index contributed by atoms with van der Waals surface area (Å²) in [6.45, 7) is 28.7. The van der Waals surface area contributed by atoms with Gasteiger partial charge >= 0.3 is 0 Å². The van der Waals surface area contributed by atoms with Crippen molar-refractivity contribution in [2.24, 2.45) is 11.3 Å². The number of hydrogen-bond acceptors (Lipinski definition) is 2. The fourth-order valence-corrected chi connectivity index (χ4v) is 14.6. The van der Waals surface area contributed by atoms with Crippen LogP contribution in [0.15, 0.2) is 35.4 Å². The van der Waals surface area contributed by atoms with E-state index in [-0.39, 0.29) is 10.5 Å². The molecule has 0 aliphatic heterocycles. The minimum absolute atomic E-state index is 0.250. The van der Waals surface area contributed by atoms with Crippen molar-refractivity contribution in [2.75, 3.05) is 0 Å². The maximum absolute atomic E-state index is 7.11. The third-order valence-corrected chi connectivity index (χ3v) is 21.7. The number of hydrogen-bond donors (Lipinski definition) is 0. The Morgan fingerprint density at radius 2 is 1.55 bits per heavy atom. The van der Waals surface area contributed by atoms with E-state index in [9.17, 15) is 0 Å². The molecule has 0 spiro atoms. The third kappa shape index (κ3) is 5.07. The molecule has 0 heterocycles. The number of allylic oxidation sites excluding steroid dienone is 3. The third-order valence-electron chi connectivity index (χ3n) is 11.2. The standard InChI is InChI=1S/C34H56O2Si2/c1-23(2)38(24(3)4,25(5)6)35-29-15-13-26-14-16-30-27(21-28(26)22-29)19-20-34(10)31(30)17-18-32(34)36-37(11,12)33(7,8)9/h13-16,22-25,31-32H,17-21H2,1-12H3/t31-,32-,34-/m0/s1. The average molecular weight is 553 g/mol. The molecule has 1 aromatic carbocycles. The van der Waals surface area contributed by atoms with Gasteiger partial charge in [0.1, 0.15) is 5.75 Å². The van der Waals surface area contributed by atoms with Gasteiger partial charge in [0.15, 0.2) is 8.32 Å². The van der Waals surface area contributed by atoms with Crippen LogP contribution >= 0.6 is 0 Å². The fraction of sp³-hybridized carbons (Fsp3) is 0.706. The zero-order chi connectivity index (χ0) is 28.3. The molecular formula is C34H56O2Si2. The number of rotatable bonds is 7. The fourth-order valence-electron chi connectivity index (χ4n) is 7.94. The first kappa shape index (κ1) is 29.9. The lowest BCUT2D eigenvalue weighted by atomic mass is 9.65. The van der Waals surface area contributed by atoms with Crippen LogP contribution in [0.5, 0.6) is 5.75 Å². The minimum atomic E-state index is -1.97. The summed E-state index contributed by atoms with van der Waals surface area (Å²) in [4.78, 5) is 0. The summed E-state index contributed by atoms with van der Waals surface area (Å²) in [6, 6.07) is 6.94. The van der Waals surface area contributed by atoms with Crippen LogP contribution in [0.4, 0.5) is 0 Å². The van der Waals surface area contributed by atoms with Gasteiger partial charge < -0.3 is 8.85 Å². The molecule has 0 unspecified atom stereocenters. The van der Waals surface area contributed by atoms with Crippen LogP contribution in [0.3, 0.4) is 0 Å². The van der Waals surface area contributed by atoms with Gasteiger partial charge in [0.25, 0.3) is 8.32 Å². The Bertz CT molecular complexity index is 1070. The Hall–Kier alpha value is -1.11. The van der Waals surface area contributed by atoms with Gasteiger partial charge in [0.05, 0.1) is 6.10 Å². The van der Waals surface area contributed by atoms with Crippen molar-refractivity contribution >= 4 is 22.7 Å². The van der Waals surface area contributed by atoms with Gasteiger partial charge in [-0.15, -0.1) is 0 Å². The van der Waals surface area contributed by atoms with E-state index in [0.717, 1.165) is 12.2 Å². The summed E-state index contributed by atoms with van der Waals surface area (Å²) in [5.41, 5.74) is 8.08. The average Bonchev–Trinajstić information content (AvgIpc) is 3.00. The van der Waals surface area contributed by atoms with E-state index in [4.69, 9.17) is 8.85 Å². The Morgan fingerprint density at radius 1 is 0.921 bits per heavy atom. The molecule has 212 valence electrons. The van der Waals surface area contributed by atoms with E-state index >= 15 is 0 Å². The quantitative estimate of drug-likeness (QED) is 0.313. The molecule has 1 fully saturated rings. The molecule has 3 aliphatic rings.